The van der Waals surface area contributed by atoms with Gasteiger partial charge in [0.1, 0.15) is 0 Å². The molecule has 1 fully saturated rings. The highest BCUT2D eigenvalue weighted by Gasteiger charge is 2.30. The lowest BCUT2D eigenvalue weighted by Gasteiger charge is -2.44. The van der Waals surface area contributed by atoms with Crippen LogP contribution in [0.25, 0.3) is 0 Å². The first-order valence-electron chi connectivity index (χ1n) is 10.8. The molecular formula is C26H25ClN4O2. The van der Waals surface area contributed by atoms with Crippen molar-refractivity contribution in [2.45, 2.75) is 12.1 Å². The summed E-state index contributed by atoms with van der Waals surface area (Å²) in [5.74, 6) is -0.510. The predicted molar refractivity (Wildman–Crippen MR) is 129 cm³/mol. The monoisotopic (exact) mass is 460 g/mol. The number of aliphatic hydroxyl groups excluding tert-OH is 1. The van der Waals surface area contributed by atoms with E-state index in [0.717, 1.165) is 23.4 Å². The van der Waals surface area contributed by atoms with E-state index >= 15 is 0 Å². The summed E-state index contributed by atoms with van der Waals surface area (Å²) in [5.41, 5.74) is 9.13. The van der Waals surface area contributed by atoms with Gasteiger partial charge in [-0.1, -0.05) is 54.1 Å². The molecule has 0 bridgehead atoms. The minimum absolute atomic E-state index is 0.0186. The lowest BCUT2D eigenvalue weighted by atomic mass is 10.00. The van der Waals surface area contributed by atoms with Gasteiger partial charge in [-0.15, -0.1) is 0 Å². The Kier molecular flexibility index (Phi) is 6.95. The molecule has 0 saturated carbocycles. The van der Waals surface area contributed by atoms with Crippen LogP contribution in [0.3, 0.4) is 0 Å². The Bertz CT molecular complexity index is 1160. The summed E-state index contributed by atoms with van der Waals surface area (Å²) in [5, 5.41) is 20.3. The number of aliphatic hydroxyl groups is 1. The van der Waals surface area contributed by atoms with Crippen molar-refractivity contribution in [1.82, 2.24) is 4.90 Å². The molecule has 1 unspecified atom stereocenters. The molecule has 1 aliphatic heterocycles. The minimum Gasteiger partial charge on any atom is -0.387 e. The number of hydrogen-bond acceptors (Lipinski definition) is 5. The molecule has 0 spiro atoms. The lowest BCUT2D eigenvalue weighted by Crippen LogP contribution is -2.49. The Balaban J connectivity index is 1.56. The molecule has 168 valence electrons. The third-order valence-electron chi connectivity index (χ3n) is 6.05. The average Bonchev–Trinajstić information content (AvgIpc) is 2.84. The largest absolute Gasteiger partial charge is 0.387 e. The summed E-state index contributed by atoms with van der Waals surface area (Å²) in [4.78, 5) is 16.0. The van der Waals surface area contributed by atoms with Gasteiger partial charge in [-0.3, -0.25) is 9.69 Å². The zero-order chi connectivity index (χ0) is 23.4. The fraction of sp³-hybridized carbons (Fsp3) is 0.231. The van der Waals surface area contributed by atoms with Crippen LogP contribution in [-0.2, 0) is 0 Å². The first kappa shape index (κ1) is 22.8. The predicted octanol–water partition coefficient (Wildman–Crippen LogP) is 3.91. The molecule has 3 aromatic rings. The number of β-amino-alcohol motifs (C(OH)–C–C–N with tert-alkyl or cyclic N) is 1. The molecule has 3 aromatic carbocycles. The number of anilines is 1. The molecule has 4 rings (SSSR count). The van der Waals surface area contributed by atoms with E-state index in [0.29, 0.717) is 35.8 Å². The van der Waals surface area contributed by atoms with Crippen LogP contribution < -0.4 is 10.6 Å². The molecule has 0 radical (unpaired) electrons. The van der Waals surface area contributed by atoms with Gasteiger partial charge in [0, 0.05) is 31.7 Å². The summed E-state index contributed by atoms with van der Waals surface area (Å²) in [6.07, 6.45) is -0.654. The maximum Gasteiger partial charge on any atom is 0.248 e. The van der Waals surface area contributed by atoms with Crippen molar-refractivity contribution in [1.29, 1.82) is 5.26 Å². The second-order valence-electron chi connectivity index (χ2n) is 8.16. The van der Waals surface area contributed by atoms with Gasteiger partial charge in [0.15, 0.2) is 0 Å². The molecule has 6 nitrogen and oxygen atoms in total. The summed E-state index contributed by atoms with van der Waals surface area (Å²) < 4.78 is 0. The number of carbonyl (C=O) groups is 1. The van der Waals surface area contributed by atoms with Gasteiger partial charge in [0.05, 0.1) is 34.5 Å². The summed E-state index contributed by atoms with van der Waals surface area (Å²) in [6, 6.07) is 24.5. The van der Waals surface area contributed by atoms with Crippen LogP contribution in [0.4, 0.5) is 5.69 Å². The number of benzene rings is 3. The third kappa shape index (κ3) is 5.18. The smallest absolute Gasteiger partial charge is 0.248 e. The number of nitrogens with zero attached hydrogens (tertiary/aromatic N) is 3. The van der Waals surface area contributed by atoms with E-state index in [-0.39, 0.29) is 6.04 Å². The van der Waals surface area contributed by atoms with E-state index in [9.17, 15) is 9.90 Å². The Morgan fingerprint density at radius 2 is 1.85 bits per heavy atom. The Morgan fingerprint density at radius 1 is 1.12 bits per heavy atom. The molecule has 7 heteroatoms. The summed E-state index contributed by atoms with van der Waals surface area (Å²) in [7, 11) is 0. The van der Waals surface area contributed by atoms with Crippen LogP contribution in [-0.4, -0.2) is 42.1 Å². The Hall–Kier alpha value is -3.37. The molecule has 0 aromatic heterocycles. The lowest BCUT2D eigenvalue weighted by molar-refractivity contribution is 0.0999. The molecule has 33 heavy (non-hydrogen) atoms. The van der Waals surface area contributed by atoms with Gasteiger partial charge in [-0.25, -0.2) is 0 Å². The van der Waals surface area contributed by atoms with Crippen molar-refractivity contribution in [3.63, 3.8) is 0 Å². The molecule has 1 heterocycles. The number of halogens is 1. The quantitative estimate of drug-likeness (QED) is 0.581. The highest BCUT2D eigenvalue weighted by atomic mass is 35.5. The van der Waals surface area contributed by atoms with E-state index in [4.69, 9.17) is 22.6 Å². The van der Waals surface area contributed by atoms with Crippen LogP contribution in [0.1, 0.15) is 39.2 Å². The van der Waals surface area contributed by atoms with Gasteiger partial charge in [-0.2, -0.15) is 5.26 Å². The molecule has 1 aliphatic rings. The number of piperazine rings is 1. The summed E-state index contributed by atoms with van der Waals surface area (Å²) in [6.45, 7) is 2.63. The molecule has 2 atom stereocenters. The van der Waals surface area contributed by atoms with Crippen molar-refractivity contribution in [2.75, 3.05) is 31.1 Å². The normalized spacial score (nSPS) is 17.4. The maximum absolute atomic E-state index is 11.5. The van der Waals surface area contributed by atoms with Gasteiger partial charge in [-0.05, 0) is 41.5 Å². The second kappa shape index (κ2) is 10.1. The molecule has 3 N–H and O–H groups in total. The van der Waals surface area contributed by atoms with Gasteiger partial charge < -0.3 is 15.7 Å². The average molecular weight is 461 g/mol. The van der Waals surface area contributed by atoms with Crippen molar-refractivity contribution in [3.05, 3.63) is 100 Å². The fourth-order valence-corrected chi connectivity index (χ4v) is 4.57. The highest BCUT2D eigenvalue weighted by molar-refractivity contribution is 6.33. The van der Waals surface area contributed by atoms with Gasteiger partial charge >= 0.3 is 0 Å². The number of rotatable bonds is 6. The highest BCUT2D eigenvalue weighted by Crippen LogP contribution is 2.36. The molecular weight excluding hydrogens is 436 g/mol. The van der Waals surface area contributed by atoms with Gasteiger partial charge in [0.2, 0.25) is 5.91 Å². The van der Waals surface area contributed by atoms with Crippen LogP contribution in [0.2, 0.25) is 5.02 Å². The number of primary amides is 1. The van der Waals surface area contributed by atoms with Crippen LogP contribution in [0, 0.1) is 11.3 Å². The van der Waals surface area contributed by atoms with Crippen LogP contribution >= 0.6 is 11.6 Å². The topological polar surface area (TPSA) is 93.6 Å². The van der Waals surface area contributed by atoms with Crippen molar-refractivity contribution in [3.8, 4) is 6.07 Å². The Morgan fingerprint density at radius 3 is 2.48 bits per heavy atom. The molecule has 1 amide bonds. The zero-order valence-electron chi connectivity index (χ0n) is 18.1. The zero-order valence-corrected chi connectivity index (χ0v) is 18.8. The van der Waals surface area contributed by atoms with E-state index in [1.165, 1.54) is 0 Å². The van der Waals surface area contributed by atoms with Crippen LogP contribution in [0.15, 0.2) is 72.8 Å². The third-order valence-corrected chi connectivity index (χ3v) is 6.35. The first-order chi connectivity index (χ1) is 16.0. The SMILES string of the molecule is N#Cc1ccc(C(O)CN2CCN(c3ccc(C(N)=O)cc3Cl)[C@H](c3ccccc3)C2)cc1. The van der Waals surface area contributed by atoms with E-state index in [1.807, 2.05) is 24.3 Å². The fourth-order valence-electron chi connectivity index (χ4n) is 4.28. The van der Waals surface area contributed by atoms with E-state index in [1.54, 1.807) is 36.4 Å². The van der Waals surface area contributed by atoms with E-state index < -0.39 is 12.0 Å². The first-order valence-corrected chi connectivity index (χ1v) is 11.2. The summed E-state index contributed by atoms with van der Waals surface area (Å²) >= 11 is 6.56. The standard InChI is InChI=1S/C26H25ClN4O2/c27-22-14-21(26(29)33)10-11-23(22)31-13-12-30(16-24(31)19-4-2-1-3-5-19)17-25(32)20-8-6-18(15-28)7-9-20/h1-11,14,24-25,32H,12-13,16-17H2,(H2,29,33)/t24-,25?/m0/s1. The molecule has 1 saturated heterocycles. The van der Waals surface area contributed by atoms with Crippen LogP contribution in [0.5, 0.6) is 0 Å². The van der Waals surface area contributed by atoms with Crippen molar-refractivity contribution in [2.24, 2.45) is 5.73 Å². The minimum atomic E-state index is -0.654. The van der Waals surface area contributed by atoms with Crippen molar-refractivity contribution >= 4 is 23.2 Å². The van der Waals surface area contributed by atoms with Gasteiger partial charge in [0.25, 0.3) is 0 Å². The number of nitriles is 1. The Labute approximate surface area is 198 Å². The number of nitrogens with two attached hydrogens (primary N) is 1. The number of carbonyl (C=O) groups excluding carboxylic acids is 1. The second-order valence-corrected chi connectivity index (χ2v) is 8.57. The van der Waals surface area contributed by atoms with Crippen molar-refractivity contribution < 1.29 is 9.90 Å². The molecule has 0 aliphatic carbocycles. The number of amides is 1. The number of hydrogen-bond donors (Lipinski definition) is 2. The van der Waals surface area contributed by atoms with E-state index in [2.05, 4.69) is 28.0 Å². The maximum atomic E-state index is 11.5.